The van der Waals surface area contributed by atoms with E-state index in [1.54, 1.807) is 36.4 Å². The third-order valence-electron chi connectivity index (χ3n) is 5.92. The third kappa shape index (κ3) is 5.39. The molecule has 204 valence electrons. The Balaban J connectivity index is 1.74. The van der Waals surface area contributed by atoms with E-state index in [0.29, 0.717) is 34.2 Å². The predicted octanol–water partition coefficient (Wildman–Crippen LogP) is 2.46. The number of anilines is 1. The molecule has 0 atom stereocenters. The molecule has 0 radical (unpaired) electrons. The van der Waals surface area contributed by atoms with Crippen molar-refractivity contribution in [2.45, 2.75) is 5.03 Å². The van der Waals surface area contributed by atoms with Crippen LogP contribution in [0.4, 0.5) is 5.69 Å². The summed E-state index contributed by atoms with van der Waals surface area (Å²) in [6.45, 7) is 0. The van der Waals surface area contributed by atoms with Crippen LogP contribution in [0.2, 0.25) is 0 Å². The van der Waals surface area contributed by atoms with E-state index in [4.69, 9.17) is 18.9 Å². The molecule has 0 aliphatic carbocycles. The Kier molecular flexibility index (Phi) is 8.10. The molecule has 13 heteroatoms. The number of rotatable bonds is 9. The van der Waals surface area contributed by atoms with Crippen LogP contribution >= 0.6 is 11.8 Å². The van der Waals surface area contributed by atoms with E-state index < -0.39 is 11.2 Å². The average molecular weight is 554 g/mol. The Morgan fingerprint density at radius 1 is 0.846 bits per heavy atom. The SMILES string of the molecule is COc1ccc(NC(=O)CSc2nc(-c3ccc(OC)c(OC)c3)nc3c2c(=O)n(C)c(=O)n3C)cc1OC. The highest BCUT2D eigenvalue weighted by molar-refractivity contribution is 8.00. The van der Waals surface area contributed by atoms with Crippen molar-refractivity contribution in [1.82, 2.24) is 19.1 Å². The third-order valence-corrected chi connectivity index (χ3v) is 6.89. The lowest BCUT2D eigenvalue weighted by atomic mass is 10.2. The molecule has 0 unspecified atom stereocenters. The molecule has 4 aromatic rings. The Labute approximate surface area is 227 Å². The zero-order chi connectivity index (χ0) is 28.3. The van der Waals surface area contributed by atoms with Crippen LogP contribution < -0.4 is 35.5 Å². The van der Waals surface area contributed by atoms with Crippen LogP contribution in [0.25, 0.3) is 22.4 Å². The lowest BCUT2D eigenvalue weighted by Gasteiger charge is -2.13. The molecule has 0 saturated heterocycles. The first kappa shape index (κ1) is 27.5. The number of hydrogen-bond donors (Lipinski definition) is 1. The number of benzene rings is 2. The van der Waals surface area contributed by atoms with Gasteiger partial charge in [-0.3, -0.25) is 18.7 Å². The normalized spacial score (nSPS) is 10.8. The van der Waals surface area contributed by atoms with Crippen LogP contribution in [-0.4, -0.2) is 59.2 Å². The first-order chi connectivity index (χ1) is 18.7. The van der Waals surface area contributed by atoms with Gasteiger partial charge in [-0.05, 0) is 30.3 Å². The summed E-state index contributed by atoms with van der Waals surface area (Å²) >= 11 is 1.06. The number of carbonyl (C=O) groups excluding carboxylic acids is 1. The van der Waals surface area contributed by atoms with Crippen LogP contribution in [0.5, 0.6) is 23.0 Å². The van der Waals surface area contributed by atoms with E-state index >= 15 is 0 Å². The summed E-state index contributed by atoms with van der Waals surface area (Å²) in [7, 11) is 8.96. The van der Waals surface area contributed by atoms with Crippen molar-refractivity contribution in [2.75, 3.05) is 39.5 Å². The Morgan fingerprint density at radius 2 is 1.46 bits per heavy atom. The minimum absolute atomic E-state index is 0.0716. The second-order valence-corrected chi connectivity index (χ2v) is 9.20. The van der Waals surface area contributed by atoms with E-state index in [9.17, 15) is 14.4 Å². The quantitative estimate of drug-likeness (QED) is 0.243. The largest absolute Gasteiger partial charge is 0.493 e. The molecular formula is C26H27N5O7S. The number of hydrogen-bond acceptors (Lipinski definition) is 10. The number of amides is 1. The van der Waals surface area contributed by atoms with Crippen molar-refractivity contribution < 1.29 is 23.7 Å². The van der Waals surface area contributed by atoms with Gasteiger partial charge >= 0.3 is 5.69 Å². The van der Waals surface area contributed by atoms with Crippen LogP contribution in [0.1, 0.15) is 0 Å². The minimum atomic E-state index is -0.560. The van der Waals surface area contributed by atoms with Crippen molar-refractivity contribution in [2.24, 2.45) is 14.1 Å². The molecule has 0 bridgehead atoms. The highest BCUT2D eigenvalue weighted by atomic mass is 32.2. The summed E-state index contributed by atoms with van der Waals surface area (Å²) in [4.78, 5) is 47.8. The van der Waals surface area contributed by atoms with Crippen molar-refractivity contribution in [1.29, 1.82) is 0 Å². The summed E-state index contributed by atoms with van der Waals surface area (Å²) in [5.74, 6) is 1.81. The van der Waals surface area contributed by atoms with Crippen molar-refractivity contribution in [3.05, 3.63) is 57.2 Å². The maximum atomic E-state index is 13.1. The molecule has 2 heterocycles. The summed E-state index contributed by atoms with van der Waals surface area (Å²) in [6.07, 6.45) is 0. The summed E-state index contributed by atoms with van der Waals surface area (Å²) in [5.41, 5.74) is 0.126. The first-order valence-electron chi connectivity index (χ1n) is 11.6. The predicted molar refractivity (Wildman–Crippen MR) is 147 cm³/mol. The lowest BCUT2D eigenvalue weighted by Crippen LogP contribution is -2.37. The number of thioether (sulfide) groups is 1. The Bertz CT molecular complexity index is 1680. The number of methoxy groups -OCH3 is 4. The second kappa shape index (κ2) is 11.5. The summed E-state index contributed by atoms with van der Waals surface area (Å²) in [6, 6.07) is 10.1. The summed E-state index contributed by atoms with van der Waals surface area (Å²) in [5, 5.41) is 3.18. The molecule has 0 aliphatic heterocycles. The molecular weight excluding hydrogens is 526 g/mol. The molecule has 1 amide bonds. The minimum Gasteiger partial charge on any atom is -0.493 e. The molecule has 0 fully saturated rings. The molecule has 1 N–H and O–H groups in total. The van der Waals surface area contributed by atoms with Gasteiger partial charge in [0.1, 0.15) is 10.4 Å². The van der Waals surface area contributed by atoms with E-state index in [1.807, 2.05) is 0 Å². The first-order valence-corrected chi connectivity index (χ1v) is 12.6. The number of nitrogens with one attached hydrogen (secondary N) is 1. The summed E-state index contributed by atoms with van der Waals surface area (Å²) < 4.78 is 23.5. The topological polar surface area (TPSA) is 136 Å². The van der Waals surface area contributed by atoms with Gasteiger partial charge in [0.25, 0.3) is 5.56 Å². The second-order valence-electron chi connectivity index (χ2n) is 8.23. The van der Waals surface area contributed by atoms with Gasteiger partial charge in [-0.15, -0.1) is 0 Å². The molecule has 0 spiro atoms. The van der Waals surface area contributed by atoms with Crippen LogP contribution in [0, 0.1) is 0 Å². The van der Waals surface area contributed by atoms with Gasteiger partial charge in [0, 0.05) is 31.4 Å². The zero-order valence-corrected chi connectivity index (χ0v) is 23.0. The van der Waals surface area contributed by atoms with Crippen molar-refractivity contribution >= 4 is 34.4 Å². The van der Waals surface area contributed by atoms with Crippen molar-refractivity contribution in [3.63, 3.8) is 0 Å². The molecule has 12 nitrogen and oxygen atoms in total. The van der Waals surface area contributed by atoms with Crippen LogP contribution in [0.15, 0.2) is 51.0 Å². The number of aryl methyl sites for hydroxylation is 1. The number of fused-ring (bicyclic) bond motifs is 1. The van der Waals surface area contributed by atoms with Gasteiger partial charge in [0.2, 0.25) is 5.91 Å². The molecule has 0 saturated carbocycles. The smallest absolute Gasteiger partial charge is 0.332 e. The van der Waals surface area contributed by atoms with E-state index in [1.165, 1.54) is 47.1 Å². The van der Waals surface area contributed by atoms with E-state index in [-0.39, 0.29) is 33.5 Å². The number of ether oxygens (including phenoxy) is 4. The van der Waals surface area contributed by atoms with Gasteiger partial charge < -0.3 is 24.3 Å². The highest BCUT2D eigenvalue weighted by Gasteiger charge is 2.20. The van der Waals surface area contributed by atoms with Crippen LogP contribution in [0.3, 0.4) is 0 Å². The maximum absolute atomic E-state index is 13.1. The Morgan fingerprint density at radius 3 is 2.10 bits per heavy atom. The van der Waals surface area contributed by atoms with Crippen LogP contribution in [-0.2, 0) is 18.9 Å². The van der Waals surface area contributed by atoms with Crippen molar-refractivity contribution in [3.8, 4) is 34.4 Å². The van der Waals surface area contributed by atoms with Gasteiger partial charge in [0.05, 0.1) is 34.2 Å². The number of nitrogens with zero attached hydrogens (tertiary/aromatic N) is 4. The standard InChI is InChI=1S/C26H27N5O7S/c1-30-23-21(25(33)31(2)26(30)34)24(29-22(28-23)14-7-9-16(35-3)18(11-14)37-5)39-13-20(32)27-15-8-10-17(36-4)19(12-15)38-6/h7-12H,13H2,1-6H3,(H,27,32). The zero-order valence-electron chi connectivity index (χ0n) is 22.2. The molecule has 4 rings (SSSR count). The molecule has 2 aromatic heterocycles. The highest BCUT2D eigenvalue weighted by Crippen LogP contribution is 2.33. The fourth-order valence-corrected chi connectivity index (χ4v) is 4.70. The van der Waals surface area contributed by atoms with Gasteiger partial charge in [-0.25, -0.2) is 14.8 Å². The average Bonchev–Trinajstić information content (AvgIpc) is 2.96. The lowest BCUT2D eigenvalue weighted by molar-refractivity contribution is -0.113. The van der Waals surface area contributed by atoms with Gasteiger partial charge in [-0.2, -0.15) is 0 Å². The number of carbonyl (C=O) groups is 1. The van der Waals surface area contributed by atoms with Gasteiger partial charge in [-0.1, -0.05) is 11.8 Å². The van der Waals surface area contributed by atoms with E-state index in [2.05, 4.69) is 15.3 Å². The van der Waals surface area contributed by atoms with Gasteiger partial charge in [0.15, 0.2) is 34.5 Å². The Hall–Kier alpha value is -4.52. The number of aromatic nitrogens is 4. The fourth-order valence-electron chi connectivity index (χ4n) is 3.88. The molecule has 2 aromatic carbocycles. The fraction of sp³-hybridized carbons (Fsp3) is 0.269. The monoisotopic (exact) mass is 553 g/mol. The molecule has 0 aliphatic rings. The van der Waals surface area contributed by atoms with E-state index in [0.717, 1.165) is 16.3 Å². The maximum Gasteiger partial charge on any atom is 0.332 e. The molecule has 39 heavy (non-hydrogen) atoms.